The maximum atomic E-state index is 13.4. The van der Waals surface area contributed by atoms with Gasteiger partial charge in [0, 0.05) is 19.4 Å². The van der Waals surface area contributed by atoms with E-state index in [9.17, 15) is 62.6 Å². The summed E-state index contributed by atoms with van der Waals surface area (Å²) in [6.45, 7) is 7.37. The van der Waals surface area contributed by atoms with Crippen LogP contribution in [0.4, 0.5) is 0 Å². The van der Waals surface area contributed by atoms with Gasteiger partial charge in [0.25, 0.3) is 0 Å². The lowest BCUT2D eigenvalue weighted by Crippen LogP contribution is -2.58. The van der Waals surface area contributed by atoms with Crippen LogP contribution >= 0.6 is 0 Å². The van der Waals surface area contributed by atoms with E-state index in [-0.39, 0.29) is 69.2 Å². The van der Waals surface area contributed by atoms with Crippen molar-refractivity contribution in [2.24, 2.45) is 23.3 Å². The zero-order valence-electron chi connectivity index (χ0n) is 39.7. The van der Waals surface area contributed by atoms with Gasteiger partial charge < -0.3 is 69.3 Å². The van der Waals surface area contributed by atoms with Crippen molar-refractivity contribution in [3.8, 4) is 0 Å². The summed E-state index contributed by atoms with van der Waals surface area (Å²) in [6, 6.07) is -7.85. The summed E-state index contributed by atoms with van der Waals surface area (Å²) in [4.78, 5) is 154. The zero-order chi connectivity index (χ0) is 51.1. The molecule has 2 fully saturated rings. The maximum Gasteiger partial charge on any atom is 0.326 e. The van der Waals surface area contributed by atoms with Crippen LogP contribution in [0, 0.1) is 11.8 Å². The van der Waals surface area contributed by atoms with Gasteiger partial charge in [-0.15, -0.1) is 0 Å². The maximum absolute atomic E-state index is 13.4. The first-order valence-corrected chi connectivity index (χ1v) is 23.2. The summed E-state index contributed by atoms with van der Waals surface area (Å²) in [7, 11) is 0. The first kappa shape index (κ1) is 57.7. The quantitative estimate of drug-likeness (QED) is 0.0318. The van der Waals surface area contributed by atoms with Crippen molar-refractivity contribution in [3.05, 3.63) is 0 Å². The number of hydrogen-bond donors (Lipinski definition) is 12. The number of nitrogens with zero attached hydrogens (tertiary/aromatic N) is 1. The van der Waals surface area contributed by atoms with Gasteiger partial charge in [0.2, 0.25) is 65.0 Å². The third-order valence-corrected chi connectivity index (χ3v) is 11.0. The Morgan fingerprint density at radius 1 is 0.662 bits per heavy atom. The van der Waals surface area contributed by atoms with E-state index in [2.05, 4.69) is 47.9 Å². The average molecular weight is 965 g/mol. The van der Waals surface area contributed by atoms with Crippen molar-refractivity contribution in [2.75, 3.05) is 32.7 Å². The number of nitrogens with two attached hydrogens (primary N) is 2. The molecule has 0 aromatic heterocycles. The minimum Gasteiger partial charge on any atom is -0.480 e. The Morgan fingerprint density at radius 2 is 1.25 bits per heavy atom. The SMILES string of the molecule is CC(C)C[C@H](NC(=O)CNC(=O)[C@H](CC(C)C)NC(=O)[C@H](CCC(N)=O)NC(=O)CNC(=O)[C@@H]1CCC(=O)N1)C(=O)N[C@@H](C)C(=O)NCC(=O)N1CCCC[C@H]1C(=O)N[C@@H](CCCCN)C(=O)O. The summed E-state index contributed by atoms with van der Waals surface area (Å²) in [6.07, 6.45) is 2.80. The van der Waals surface area contributed by atoms with E-state index in [1.807, 2.05) is 0 Å². The van der Waals surface area contributed by atoms with Crippen LogP contribution < -0.4 is 59.3 Å². The molecular formula is C43H72N12O13. The Morgan fingerprint density at radius 3 is 1.82 bits per heavy atom. The molecule has 0 radical (unpaired) electrons. The predicted octanol–water partition coefficient (Wildman–Crippen LogP) is -3.99. The van der Waals surface area contributed by atoms with Crippen LogP contribution in [0.2, 0.25) is 0 Å². The fraction of sp³-hybridized carbons (Fsp3) is 0.721. The van der Waals surface area contributed by atoms with Crippen LogP contribution in [0.15, 0.2) is 0 Å². The van der Waals surface area contributed by atoms with Gasteiger partial charge in [0.05, 0.1) is 19.6 Å². The number of carbonyl (C=O) groups is 12. The standard InChI is InChI=1S/C43H72N12O13/c1-23(2)18-29(54-40(64)27(12-14-32(45)56)51-34(58)20-46-38(62)26-13-15-33(57)50-26)39(63)47-21-35(59)52-30(19-24(3)4)41(65)49-25(5)37(61)48-22-36(60)55-17-9-7-11-31(55)42(66)53-28(43(67)68)10-6-8-16-44/h23-31H,6-22,44H2,1-5H3,(H2,45,56)(H,46,62)(H,47,63)(H,48,61)(H,49,65)(H,50,57)(H,51,58)(H,52,59)(H,53,66)(H,54,64)(H,67,68)/t25-,26-,27-,28-,29-,30-,31-/m0/s1. The lowest BCUT2D eigenvalue weighted by Gasteiger charge is -2.35. The summed E-state index contributed by atoms with van der Waals surface area (Å²) >= 11 is 0. The number of amides is 11. The van der Waals surface area contributed by atoms with Gasteiger partial charge in [-0.1, -0.05) is 27.7 Å². The van der Waals surface area contributed by atoms with Crippen molar-refractivity contribution in [2.45, 2.75) is 154 Å². The molecule has 2 aliphatic rings. The van der Waals surface area contributed by atoms with Crippen LogP contribution in [0.5, 0.6) is 0 Å². The van der Waals surface area contributed by atoms with Gasteiger partial charge in [-0.25, -0.2) is 4.79 Å². The highest BCUT2D eigenvalue weighted by Gasteiger charge is 2.35. The molecule has 0 saturated carbocycles. The monoisotopic (exact) mass is 965 g/mol. The highest BCUT2D eigenvalue weighted by Crippen LogP contribution is 2.18. The summed E-state index contributed by atoms with van der Waals surface area (Å²) in [5, 5.41) is 31.9. The molecule has 7 atom stereocenters. The van der Waals surface area contributed by atoms with E-state index in [1.165, 1.54) is 11.8 Å². The topological polar surface area (TPSA) is 389 Å². The smallest absolute Gasteiger partial charge is 0.326 e. The van der Waals surface area contributed by atoms with Crippen LogP contribution in [0.1, 0.15) is 112 Å². The highest BCUT2D eigenvalue weighted by molar-refractivity contribution is 5.97. The van der Waals surface area contributed by atoms with Crippen molar-refractivity contribution in [3.63, 3.8) is 0 Å². The van der Waals surface area contributed by atoms with Crippen LogP contribution in [-0.4, -0.2) is 156 Å². The van der Waals surface area contributed by atoms with Gasteiger partial charge in [-0.3, -0.25) is 52.7 Å². The largest absolute Gasteiger partial charge is 0.480 e. The number of aliphatic carboxylic acids is 1. The van der Waals surface area contributed by atoms with E-state index in [0.717, 1.165) is 0 Å². The zero-order valence-corrected chi connectivity index (χ0v) is 39.7. The molecule has 0 aromatic carbocycles. The molecule has 14 N–H and O–H groups in total. The minimum atomic E-state index is -1.36. The number of hydrogen-bond acceptors (Lipinski definition) is 13. The molecule has 2 saturated heterocycles. The van der Waals surface area contributed by atoms with E-state index >= 15 is 0 Å². The number of carbonyl (C=O) groups excluding carboxylic acids is 11. The number of primary amides is 1. The number of carboxylic acids is 1. The van der Waals surface area contributed by atoms with E-state index in [1.54, 1.807) is 27.7 Å². The molecule has 0 aromatic rings. The Balaban J connectivity index is 2.00. The fourth-order valence-corrected chi connectivity index (χ4v) is 7.43. The Hall–Kier alpha value is -6.40. The molecule has 2 heterocycles. The van der Waals surface area contributed by atoms with Crippen molar-refractivity contribution in [1.29, 1.82) is 0 Å². The van der Waals surface area contributed by atoms with Crippen LogP contribution in [0.3, 0.4) is 0 Å². The molecule has 0 unspecified atom stereocenters. The number of carboxylic acid groups (broad SMARTS) is 1. The molecule has 2 rings (SSSR count). The minimum absolute atomic E-state index is 0.0832. The Bertz CT molecular complexity index is 1830. The number of nitrogens with one attached hydrogen (secondary N) is 9. The second kappa shape index (κ2) is 29.4. The third kappa shape index (κ3) is 21.1. The predicted molar refractivity (Wildman–Crippen MR) is 243 cm³/mol. The Kier molecular flexibility index (Phi) is 24.9. The first-order valence-electron chi connectivity index (χ1n) is 23.2. The Labute approximate surface area is 395 Å². The van der Waals surface area contributed by atoms with Gasteiger partial charge in [0.15, 0.2) is 0 Å². The number of rotatable bonds is 29. The summed E-state index contributed by atoms with van der Waals surface area (Å²) in [5.74, 6) is -9.07. The number of piperidine rings is 1. The lowest BCUT2D eigenvalue weighted by molar-refractivity contribution is -0.146. The second-order valence-corrected chi connectivity index (χ2v) is 17.9. The van der Waals surface area contributed by atoms with Gasteiger partial charge >= 0.3 is 5.97 Å². The van der Waals surface area contributed by atoms with Crippen molar-refractivity contribution >= 4 is 70.9 Å². The van der Waals surface area contributed by atoms with Crippen molar-refractivity contribution in [1.82, 2.24) is 52.8 Å². The molecule has 11 amide bonds. The molecule has 68 heavy (non-hydrogen) atoms. The highest BCUT2D eigenvalue weighted by atomic mass is 16.4. The van der Waals surface area contributed by atoms with Gasteiger partial charge in [-0.05, 0) is 89.5 Å². The average Bonchev–Trinajstić information content (AvgIpc) is 3.72. The number of likely N-dealkylation sites (tertiary alicyclic amines) is 1. The fourth-order valence-electron chi connectivity index (χ4n) is 7.43. The van der Waals surface area contributed by atoms with Crippen LogP contribution in [0.25, 0.3) is 0 Å². The molecule has 25 nitrogen and oxygen atoms in total. The number of unbranched alkanes of at least 4 members (excludes halogenated alkanes) is 1. The first-order chi connectivity index (χ1) is 32.0. The molecule has 382 valence electrons. The normalized spacial score (nSPS) is 17.8. The van der Waals surface area contributed by atoms with Gasteiger partial charge in [-0.2, -0.15) is 0 Å². The molecule has 25 heteroatoms. The van der Waals surface area contributed by atoms with E-state index in [0.29, 0.717) is 38.6 Å². The molecule has 2 aliphatic heterocycles. The third-order valence-electron chi connectivity index (χ3n) is 11.0. The van der Waals surface area contributed by atoms with E-state index < -0.39 is 127 Å². The van der Waals surface area contributed by atoms with Crippen LogP contribution in [-0.2, 0) is 57.5 Å². The molecule has 0 bridgehead atoms. The second-order valence-electron chi connectivity index (χ2n) is 17.9. The van der Waals surface area contributed by atoms with Crippen molar-refractivity contribution < 1.29 is 62.6 Å². The lowest BCUT2D eigenvalue weighted by atomic mass is 10.00. The van der Waals surface area contributed by atoms with Gasteiger partial charge in [0.1, 0.15) is 42.3 Å². The molecule has 0 aliphatic carbocycles. The summed E-state index contributed by atoms with van der Waals surface area (Å²) < 4.78 is 0. The van der Waals surface area contributed by atoms with E-state index in [4.69, 9.17) is 11.5 Å². The molecule has 0 spiro atoms. The summed E-state index contributed by atoms with van der Waals surface area (Å²) in [5.41, 5.74) is 10.8. The molecular weight excluding hydrogens is 893 g/mol.